The predicted octanol–water partition coefficient (Wildman–Crippen LogP) is 2.76. The normalized spacial score (nSPS) is 20.0. The topological polar surface area (TPSA) is 66.0 Å². The lowest BCUT2D eigenvalue weighted by Gasteiger charge is -2.33. The quantitative estimate of drug-likeness (QED) is 0.733. The number of aromatic nitrogens is 3. The number of nitrogens with one attached hydrogen (secondary N) is 2. The van der Waals surface area contributed by atoms with E-state index in [-0.39, 0.29) is 11.9 Å². The highest BCUT2D eigenvalue weighted by atomic mass is 16.1. The molecule has 1 atom stereocenters. The van der Waals surface area contributed by atoms with Gasteiger partial charge in [0.2, 0.25) is 5.91 Å². The van der Waals surface area contributed by atoms with Gasteiger partial charge in [-0.15, -0.1) is 0 Å². The molecule has 1 aliphatic carbocycles. The number of benzene rings is 1. The summed E-state index contributed by atoms with van der Waals surface area (Å²) in [4.78, 5) is 22.6. The minimum Gasteiger partial charge on any atom is -0.361 e. The number of imidazole rings is 1. The maximum atomic E-state index is 12.1. The molecular weight excluding hydrogens is 338 g/mol. The average molecular weight is 363 g/mol. The van der Waals surface area contributed by atoms with Crippen LogP contribution in [0, 0.1) is 0 Å². The molecule has 6 nitrogen and oxygen atoms in total. The zero-order valence-corrected chi connectivity index (χ0v) is 15.6. The fourth-order valence-corrected chi connectivity index (χ4v) is 4.07. The second kappa shape index (κ2) is 6.53. The number of hydrogen-bond acceptors (Lipinski definition) is 3. The molecule has 2 aliphatic rings. The van der Waals surface area contributed by atoms with Crippen LogP contribution >= 0.6 is 0 Å². The van der Waals surface area contributed by atoms with Gasteiger partial charge in [0, 0.05) is 49.0 Å². The highest BCUT2D eigenvalue weighted by Gasteiger charge is 2.28. The van der Waals surface area contributed by atoms with E-state index in [1.807, 2.05) is 6.20 Å². The summed E-state index contributed by atoms with van der Waals surface area (Å²) < 4.78 is 2.22. The van der Waals surface area contributed by atoms with Crippen LogP contribution in [0.1, 0.15) is 42.9 Å². The van der Waals surface area contributed by atoms with E-state index in [0.29, 0.717) is 12.5 Å². The second-order valence-corrected chi connectivity index (χ2v) is 7.80. The zero-order chi connectivity index (χ0) is 18.4. The van der Waals surface area contributed by atoms with Crippen molar-refractivity contribution in [2.75, 3.05) is 6.54 Å². The molecule has 27 heavy (non-hydrogen) atoms. The molecule has 0 bridgehead atoms. The van der Waals surface area contributed by atoms with Crippen LogP contribution in [0.5, 0.6) is 0 Å². The van der Waals surface area contributed by atoms with Gasteiger partial charge in [0.15, 0.2) is 0 Å². The molecule has 1 aromatic carbocycles. The summed E-state index contributed by atoms with van der Waals surface area (Å²) in [5.74, 6) is 1.16. The third-order valence-electron chi connectivity index (χ3n) is 5.75. The highest BCUT2D eigenvalue weighted by molar-refractivity contribution is 5.82. The number of nitrogens with zero attached hydrogens (tertiary/aromatic N) is 3. The molecule has 140 valence electrons. The first-order valence-corrected chi connectivity index (χ1v) is 9.82. The van der Waals surface area contributed by atoms with Gasteiger partial charge in [-0.25, -0.2) is 4.98 Å². The van der Waals surface area contributed by atoms with Gasteiger partial charge in [-0.2, -0.15) is 0 Å². The number of H-pyrrole nitrogens is 1. The fourth-order valence-electron chi connectivity index (χ4n) is 4.07. The van der Waals surface area contributed by atoms with E-state index in [9.17, 15) is 4.79 Å². The van der Waals surface area contributed by atoms with E-state index in [1.165, 1.54) is 16.5 Å². The summed E-state index contributed by atoms with van der Waals surface area (Å²) in [6.45, 7) is 5.02. The molecule has 6 heteroatoms. The minimum atomic E-state index is 0.0941. The number of fused-ring (bicyclic) bond motifs is 2. The van der Waals surface area contributed by atoms with Gasteiger partial charge in [-0.3, -0.25) is 9.69 Å². The van der Waals surface area contributed by atoms with Crippen molar-refractivity contribution >= 4 is 16.8 Å². The van der Waals surface area contributed by atoms with E-state index in [0.717, 1.165) is 44.0 Å². The van der Waals surface area contributed by atoms with Crippen molar-refractivity contribution < 1.29 is 4.79 Å². The summed E-state index contributed by atoms with van der Waals surface area (Å²) in [6, 6.07) is 9.22. The second-order valence-electron chi connectivity index (χ2n) is 7.80. The van der Waals surface area contributed by atoms with Crippen molar-refractivity contribution in [3.05, 3.63) is 53.7 Å². The molecule has 1 aliphatic heterocycles. The number of amides is 1. The molecule has 0 spiro atoms. The van der Waals surface area contributed by atoms with E-state index in [1.54, 1.807) is 0 Å². The van der Waals surface area contributed by atoms with Crippen molar-refractivity contribution in [1.82, 2.24) is 24.8 Å². The van der Waals surface area contributed by atoms with Gasteiger partial charge in [-0.05, 0) is 37.5 Å². The maximum absolute atomic E-state index is 12.1. The van der Waals surface area contributed by atoms with Crippen molar-refractivity contribution in [3.8, 4) is 0 Å². The van der Waals surface area contributed by atoms with E-state index >= 15 is 0 Å². The SMILES string of the molecule is C[C@H]1c2nc(CC(=O)NC3CC3)cn2CCN1Cc1cccc2[nH]ccc12. The van der Waals surface area contributed by atoms with E-state index in [2.05, 4.69) is 57.2 Å². The molecule has 0 saturated heterocycles. The molecule has 3 aromatic rings. The van der Waals surface area contributed by atoms with Crippen molar-refractivity contribution in [2.24, 2.45) is 0 Å². The number of carbonyl (C=O) groups excluding carboxylic acids is 1. The molecule has 3 heterocycles. The zero-order valence-electron chi connectivity index (χ0n) is 15.6. The van der Waals surface area contributed by atoms with Crippen LogP contribution in [0.4, 0.5) is 0 Å². The molecule has 2 N–H and O–H groups in total. The molecule has 0 unspecified atom stereocenters. The minimum absolute atomic E-state index is 0.0941. The number of hydrogen-bond donors (Lipinski definition) is 2. The smallest absolute Gasteiger partial charge is 0.226 e. The third kappa shape index (κ3) is 3.25. The lowest BCUT2D eigenvalue weighted by atomic mass is 10.1. The molecule has 1 fully saturated rings. The van der Waals surface area contributed by atoms with E-state index in [4.69, 9.17) is 4.98 Å². The molecule has 1 saturated carbocycles. The Morgan fingerprint density at radius 3 is 3.04 bits per heavy atom. The Morgan fingerprint density at radius 1 is 1.30 bits per heavy atom. The van der Waals surface area contributed by atoms with Gasteiger partial charge in [0.05, 0.1) is 18.2 Å². The first-order chi connectivity index (χ1) is 13.2. The van der Waals surface area contributed by atoms with Crippen LogP contribution in [0.3, 0.4) is 0 Å². The number of rotatable bonds is 5. The first-order valence-electron chi connectivity index (χ1n) is 9.82. The fraction of sp³-hybridized carbons (Fsp3) is 0.429. The summed E-state index contributed by atoms with van der Waals surface area (Å²) in [6.07, 6.45) is 6.67. The summed E-state index contributed by atoms with van der Waals surface area (Å²) in [5, 5.41) is 4.34. The molecule has 0 radical (unpaired) electrons. The Hall–Kier alpha value is -2.60. The standard InChI is InChI=1S/C21H25N5O/c1-14-21-24-17(11-20(27)23-16-5-6-16)13-26(21)10-9-25(14)12-15-3-2-4-19-18(15)7-8-22-19/h2-4,7-8,13-14,16,22H,5-6,9-12H2,1H3,(H,23,27)/t14-/m0/s1. The summed E-state index contributed by atoms with van der Waals surface area (Å²) in [7, 11) is 0. The number of carbonyl (C=O) groups is 1. The molecule has 5 rings (SSSR count). The Morgan fingerprint density at radius 2 is 2.19 bits per heavy atom. The Labute approximate surface area is 158 Å². The largest absolute Gasteiger partial charge is 0.361 e. The lowest BCUT2D eigenvalue weighted by Crippen LogP contribution is -2.36. The van der Waals surface area contributed by atoms with Crippen molar-refractivity contribution in [2.45, 2.75) is 51.4 Å². The summed E-state index contributed by atoms with van der Waals surface area (Å²) in [5.41, 5.74) is 3.40. The van der Waals surface area contributed by atoms with Crippen molar-refractivity contribution in [1.29, 1.82) is 0 Å². The van der Waals surface area contributed by atoms with Crippen LogP contribution in [0.15, 0.2) is 36.7 Å². The Balaban J connectivity index is 1.32. The van der Waals surface area contributed by atoms with Gasteiger partial charge >= 0.3 is 0 Å². The summed E-state index contributed by atoms with van der Waals surface area (Å²) >= 11 is 0. The van der Waals surface area contributed by atoms with Crippen LogP contribution < -0.4 is 5.32 Å². The lowest BCUT2D eigenvalue weighted by molar-refractivity contribution is -0.120. The Bertz CT molecular complexity index is 984. The van der Waals surface area contributed by atoms with Gasteiger partial charge in [-0.1, -0.05) is 12.1 Å². The molecule has 1 amide bonds. The van der Waals surface area contributed by atoms with Gasteiger partial charge in [0.1, 0.15) is 5.82 Å². The van der Waals surface area contributed by atoms with Crippen molar-refractivity contribution in [3.63, 3.8) is 0 Å². The highest BCUT2D eigenvalue weighted by Crippen LogP contribution is 2.28. The monoisotopic (exact) mass is 363 g/mol. The van der Waals surface area contributed by atoms with Gasteiger partial charge in [0.25, 0.3) is 0 Å². The maximum Gasteiger partial charge on any atom is 0.226 e. The third-order valence-corrected chi connectivity index (χ3v) is 5.75. The van der Waals surface area contributed by atoms with Gasteiger partial charge < -0.3 is 14.9 Å². The van der Waals surface area contributed by atoms with Crippen LogP contribution in [-0.2, 0) is 24.3 Å². The van der Waals surface area contributed by atoms with Crippen LogP contribution in [-0.4, -0.2) is 37.9 Å². The van der Waals surface area contributed by atoms with Crippen LogP contribution in [0.2, 0.25) is 0 Å². The van der Waals surface area contributed by atoms with Crippen LogP contribution in [0.25, 0.3) is 10.9 Å². The Kier molecular flexibility index (Phi) is 4.01. The number of aromatic amines is 1. The average Bonchev–Trinajstić information content (AvgIpc) is 3.17. The molecule has 2 aromatic heterocycles. The first kappa shape index (κ1) is 16.6. The molecular formula is C21H25N5O. The predicted molar refractivity (Wildman–Crippen MR) is 104 cm³/mol. The van der Waals surface area contributed by atoms with E-state index < -0.39 is 0 Å².